The lowest BCUT2D eigenvalue weighted by Gasteiger charge is -2.06. The SMILES string of the molecule is Cc1cc2c(=O)[nH]c(SCCCCOc3ccc(Cl)cc3)nc2s1. The summed E-state index contributed by atoms with van der Waals surface area (Å²) in [5.74, 6) is 1.72. The lowest BCUT2D eigenvalue weighted by atomic mass is 10.3. The van der Waals surface area contributed by atoms with Gasteiger partial charge >= 0.3 is 0 Å². The van der Waals surface area contributed by atoms with E-state index in [0.717, 1.165) is 34.1 Å². The molecule has 2 heterocycles. The Bertz CT molecular complexity index is 874. The Morgan fingerprint density at radius 3 is 2.88 bits per heavy atom. The first-order valence-corrected chi connectivity index (χ1v) is 9.81. The van der Waals surface area contributed by atoms with Crippen LogP contribution in [0.25, 0.3) is 10.2 Å². The van der Waals surface area contributed by atoms with Gasteiger partial charge in [0.2, 0.25) is 0 Å². The second-order valence-corrected chi connectivity index (χ2v) is 8.06. The molecule has 0 amide bonds. The molecule has 1 aromatic carbocycles. The Hall–Kier alpha value is -1.50. The molecule has 0 spiro atoms. The number of unbranched alkanes of at least 4 members (excludes halogenated alkanes) is 1. The number of benzene rings is 1. The van der Waals surface area contributed by atoms with E-state index in [-0.39, 0.29) is 5.56 Å². The molecule has 0 atom stereocenters. The van der Waals surface area contributed by atoms with Crippen LogP contribution in [0.2, 0.25) is 5.02 Å². The van der Waals surface area contributed by atoms with Gasteiger partial charge in [-0.3, -0.25) is 4.79 Å². The first-order valence-electron chi connectivity index (χ1n) is 7.63. The zero-order chi connectivity index (χ0) is 16.9. The second-order valence-electron chi connectivity index (χ2n) is 5.30. The van der Waals surface area contributed by atoms with Crippen LogP contribution in [0.1, 0.15) is 17.7 Å². The predicted octanol–water partition coefficient (Wildman–Crippen LogP) is 4.90. The molecule has 2 aromatic heterocycles. The summed E-state index contributed by atoms with van der Waals surface area (Å²) in [7, 11) is 0. The molecule has 3 aromatic rings. The van der Waals surface area contributed by atoms with E-state index in [0.29, 0.717) is 22.2 Å². The summed E-state index contributed by atoms with van der Waals surface area (Å²) in [6.45, 7) is 2.65. The quantitative estimate of drug-likeness (QED) is 0.360. The number of nitrogens with zero attached hydrogens (tertiary/aromatic N) is 1. The van der Waals surface area contributed by atoms with E-state index in [2.05, 4.69) is 9.97 Å². The zero-order valence-corrected chi connectivity index (χ0v) is 15.6. The highest BCUT2D eigenvalue weighted by molar-refractivity contribution is 7.99. The number of aryl methyl sites for hydroxylation is 1. The summed E-state index contributed by atoms with van der Waals surface area (Å²) >= 11 is 8.96. The first-order chi connectivity index (χ1) is 11.6. The number of H-pyrrole nitrogens is 1. The van der Waals surface area contributed by atoms with Gasteiger partial charge < -0.3 is 9.72 Å². The van der Waals surface area contributed by atoms with E-state index in [9.17, 15) is 4.79 Å². The highest BCUT2D eigenvalue weighted by Crippen LogP contribution is 2.23. The van der Waals surface area contributed by atoms with Crippen LogP contribution in [0.5, 0.6) is 5.75 Å². The van der Waals surface area contributed by atoms with Crippen LogP contribution in [0, 0.1) is 6.92 Å². The van der Waals surface area contributed by atoms with Gasteiger partial charge in [0.05, 0.1) is 12.0 Å². The summed E-state index contributed by atoms with van der Waals surface area (Å²) in [5.41, 5.74) is -0.0575. The normalized spacial score (nSPS) is 11.1. The molecule has 0 saturated heterocycles. The third kappa shape index (κ3) is 4.53. The van der Waals surface area contributed by atoms with Crippen molar-refractivity contribution in [1.29, 1.82) is 0 Å². The molecule has 7 heteroatoms. The average molecular weight is 381 g/mol. The van der Waals surface area contributed by atoms with Crippen molar-refractivity contribution in [3.05, 3.63) is 50.6 Å². The van der Waals surface area contributed by atoms with Crippen molar-refractivity contribution in [3.8, 4) is 5.75 Å². The fourth-order valence-electron chi connectivity index (χ4n) is 2.19. The van der Waals surface area contributed by atoms with Crippen LogP contribution in [0.15, 0.2) is 40.3 Å². The number of aromatic amines is 1. The summed E-state index contributed by atoms with van der Waals surface area (Å²) in [6, 6.07) is 9.25. The maximum Gasteiger partial charge on any atom is 0.260 e. The van der Waals surface area contributed by atoms with E-state index in [1.165, 1.54) is 0 Å². The summed E-state index contributed by atoms with van der Waals surface area (Å²) in [4.78, 5) is 21.3. The van der Waals surface area contributed by atoms with E-state index in [4.69, 9.17) is 16.3 Å². The van der Waals surface area contributed by atoms with Crippen molar-refractivity contribution in [2.24, 2.45) is 0 Å². The first kappa shape index (κ1) is 17.3. The highest BCUT2D eigenvalue weighted by atomic mass is 35.5. The van der Waals surface area contributed by atoms with Crippen molar-refractivity contribution in [1.82, 2.24) is 9.97 Å². The average Bonchev–Trinajstić information content (AvgIpc) is 2.93. The van der Waals surface area contributed by atoms with Gasteiger partial charge in [0.15, 0.2) is 5.16 Å². The molecule has 0 unspecified atom stereocenters. The number of rotatable bonds is 7. The molecule has 0 bridgehead atoms. The predicted molar refractivity (Wildman–Crippen MR) is 102 cm³/mol. The Kier molecular flexibility index (Phi) is 5.81. The van der Waals surface area contributed by atoms with Gasteiger partial charge in [-0.15, -0.1) is 11.3 Å². The van der Waals surface area contributed by atoms with Crippen LogP contribution in [0.4, 0.5) is 0 Å². The van der Waals surface area contributed by atoms with Crippen molar-refractivity contribution < 1.29 is 4.74 Å². The lowest BCUT2D eigenvalue weighted by molar-refractivity contribution is 0.310. The molecular weight excluding hydrogens is 364 g/mol. The third-order valence-corrected chi connectivity index (χ3v) is 5.52. The number of halogens is 1. The number of nitrogens with one attached hydrogen (secondary N) is 1. The van der Waals surface area contributed by atoms with E-state index < -0.39 is 0 Å². The molecule has 4 nitrogen and oxygen atoms in total. The smallest absolute Gasteiger partial charge is 0.260 e. The fourth-order valence-corrected chi connectivity index (χ4v) is 4.12. The van der Waals surface area contributed by atoms with Gasteiger partial charge in [-0.25, -0.2) is 4.98 Å². The number of fused-ring (bicyclic) bond motifs is 1. The van der Waals surface area contributed by atoms with Gasteiger partial charge in [0.1, 0.15) is 10.6 Å². The number of thiophene rings is 1. The monoisotopic (exact) mass is 380 g/mol. The van der Waals surface area contributed by atoms with Crippen LogP contribution >= 0.6 is 34.7 Å². The minimum atomic E-state index is -0.0575. The van der Waals surface area contributed by atoms with Gasteiger partial charge in [0.25, 0.3) is 5.56 Å². The molecule has 3 rings (SSSR count). The highest BCUT2D eigenvalue weighted by Gasteiger charge is 2.07. The summed E-state index contributed by atoms with van der Waals surface area (Å²) in [5, 5.41) is 2.07. The van der Waals surface area contributed by atoms with Gasteiger partial charge in [-0.1, -0.05) is 23.4 Å². The van der Waals surface area contributed by atoms with E-state index in [1.54, 1.807) is 23.1 Å². The maximum absolute atomic E-state index is 12.0. The molecule has 0 radical (unpaired) electrons. The number of thioether (sulfide) groups is 1. The molecule has 0 saturated carbocycles. The van der Waals surface area contributed by atoms with Crippen molar-refractivity contribution >= 4 is 44.9 Å². The van der Waals surface area contributed by atoms with Crippen LogP contribution in [0.3, 0.4) is 0 Å². The number of hydrogen-bond donors (Lipinski definition) is 1. The summed E-state index contributed by atoms with van der Waals surface area (Å²) in [6.07, 6.45) is 1.93. The van der Waals surface area contributed by atoms with Crippen LogP contribution in [-0.2, 0) is 0 Å². The van der Waals surface area contributed by atoms with Crippen LogP contribution in [-0.4, -0.2) is 22.3 Å². The molecule has 1 N–H and O–H groups in total. The zero-order valence-electron chi connectivity index (χ0n) is 13.2. The Morgan fingerprint density at radius 1 is 1.29 bits per heavy atom. The Balaban J connectivity index is 1.43. The van der Waals surface area contributed by atoms with E-state index >= 15 is 0 Å². The number of aromatic nitrogens is 2. The minimum Gasteiger partial charge on any atom is -0.494 e. The van der Waals surface area contributed by atoms with Gasteiger partial charge in [0, 0.05) is 15.7 Å². The molecule has 0 aliphatic carbocycles. The molecule has 0 fully saturated rings. The molecule has 24 heavy (non-hydrogen) atoms. The van der Waals surface area contributed by atoms with Gasteiger partial charge in [-0.05, 0) is 50.1 Å². The minimum absolute atomic E-state index is 0.0575. The second kappa shape index (κ2) is 8.05. The summed E-state index contributed by atoms with van der Waals surface area (Å²) < 4.78 is 5.65. The van der Waals surface area contributed by atoms with Crippen molar-refractivity contribution in [3.63, 3.8) is 0 Å². The van der Waals surface area contributed by atoms with Crippen molar-refractivity contribution in [2.75, 3.05) is 12.4 Å². The topological polar surface area (TPSA) is 55.0 Å². The third-order valence-electron chi connectivity index (χ3n) is 3.36. The van der Waals surface area contributed by atoms with Gasteiger partial charge in [-0.2, -0.15) is 0 Å². The molecule has 0 aliphatic rings. The van der Waals surface area contributed by atoms with Crippen LogP contribution < -0.4 is 10.3 Å². The molecule has 0 aliphatic heterocycles. The molecular formula is C17H17ClN2O2S2. The largest absolute Gasteiger partial charge is 0.494 e. The molecule has 126 valence electrons. The standard InChI is InChI=1S/C17H17ClN2O2S2/c1-11-10-14-15(21)19-17(20-16(14)24-11)23-9-3-2-8-22-13-6-4-12(18)5-7-13/h4-7,10H,2-3,8-9H2,1H3,(H,19,20,21). The Labute approximate surface area is 153 Å². The fraction of sp³-hybridized carbons (Fsp3) is 0.294. The van der Waals surface area contributed by atoms with E-state index in [1.807, 2.05) is 37.3 Å². The lowest BCUT2D eigenvalue weighted by Crippen LogP contribution is -2.07. The number of hydrogen-bond acceptors (Lipinski definition) is 5. The maximum atomic E-state index is 12.0. The Morgan fingerprint density at radius 2 is 2.08 bits per heavy atom. The number of ether oxygens (including phenoxy) is 1. The van der Waals surface area contributed by atoms with Crippen molar-refractivity contribution in [2.45, 2.75) is 24.9 Å².